The van der Waals surface area contributed by atoms with Crippen molar-refractivity contribution in [2.75, 3.05) is 19.7 Å². The maximum atomic E-state index is 12.2. The molecular weight excluding hydrogens is 318 g/mol. The van der Waals surface area contributed by atoms with Crippen LogP contribution >= 0.6 is 0 Å². The molecule has 1 aliphatic heterocycles. The Labute approximate surface area is 147 Å². The smallest absolute Gasteiger partial charge is 0.310 e. The number of carbonyl (C=O) groups excluding carboxylic acids is 2. The Morgan fingerprint density at radius 3 is 2.88 bits per heavy atom. The highest BCUT2D eigenvalue weighted by molar-refractivity contribution is 5.89. The molecule has 1 amide bonds. The molecule has 0 radical (unpaired) electrons. The van der Waals surface area contributed by atoms with Crippen molar-refractivity contribution in [1.82, 2.24) is 4.90 Å². The van der Waals surface area contributed by atoms with Crippen molar-refractivity contribution in [3.05, 3.63) is 35.1 Å². The predicted molar refractivity (Wildman–Crippen MR) is 95.3 cm³/mol. The summed E-state index contributed by atoms with van der Waals surface area (Å²) in [4.78, 5) is 26.1. The van der Waals surface area contributed by atoms with E-state index in [1.165, 1.54) is 0 Å². The fourth-order valence-corrected chi connectivity index (χ4v) is 3.38. The summed E-state index contributed by atoms with van der Waals surface area (Å²) < 4.78 is 10.8. The van der Waals surface area contributed by atoms with E-state index in [0.717, 1.165) is 53.6 Å². The van der Waals surface area contributed by atoms with Crippen molar-refractivity contribution in [2.24, 2.45) is 5.92 Å². The molecule has 25 heavy (non-hydrogen) atoms. The fourth-order valence-electron chi connectivity index (χ4n) is 3.38. The summed E-state index contributed by atoms with van der Waals surface area (Å²) in [5.41, 5.74) is 3.83. The molecule has 3 rings (SSSR count). The van der Waals surface area contributed by atoms with Crippen LogP contribution in [0.4, 0.5) is 0 Å². The van der Waals surface area contributed by atoms with E-state index in [9.17, 15) is 9.59 Å². The molecule has 5 heteroatoms. The number of aryl methyl sites for hydroxylation is 2. The third-order valence-electron chi connectivity index (χ3n) is 5.04. The Morgan fingerprint density at radius 2 is 2.12 bits per heavy atom. The SMILES string of the molecule is Cc1ccc2c(CC(=O)OCC(=O)N3CCC[C@H](C)C3)coc2c1C. The normalized spacial score (nSPS) is 17.7. The minimum Gasteiger partial charge on any atom is -0.464 e. The summed E-state index contributed by atoms with van der Waals surface area (Å²) in [7, 11) is 0. The van der Waals surface area contributed by atoms with Crippen LogP contribution in [0.3, 0.4) is 0 Å². The monoisotopic (exact) mass is 343 g/mol. The lowest BCUT2D eigenvalue weighted by atomic mass is 10.0. The number of nitrogens with zero attached hydrogens (tertiary/aromatic N) is 1. The molecule has 1 aromatic heterocycles. The van der Waals surface area contributed by atoms with Crippen LogP contribution in [0.5, 0.6) is 0 Å². The average Bonchev–Trinajstić information content (AvgIpc) is 2.99. The molecule has 0 saturated carbocycles. The molecule has 1 fully saturated rings. The molecular formula is C20H25NO4. The van der Waals surface area contributed by atoms with Gasteiger partial charge in [-0.25, -0.2) is 0 Å². The number of likely N-dealkylation sites (tertiary alicyclic amines) is 1. The van der Waals surface area contributed by atoms with E-state index < -0.39 is 5.97 Å². The second kappa shape index (κ2) is 7.30. The van der Waals surface area contributed by atoms with Gasteiger partial charge in [-0.2, -0.15) is 0 Å². The van der Waals surface area contributed by atoms with Crippen molar-refractivity contribution in [3.63, 3.8) is 0 Å². The molecule has 134 valence electrons. The Balaban J connectivity index is 1.58. The number of benzene rings is 1. The summed E-state index contributed by atoms with van der Waals surface area (Å²) in [5, 5.41) is 0.927. The molecule has 2 aromatic rings. The van der Waals surface area contributed by atoms with Crippen LogP contribution in [0.1, 0.15) is 36.5 Å². The average molecular weight is 343 g/mol. The van der Waals surface area contributed by atoms with Crippen LogP contribution in [0.15, 0.2) is 22.8 Å². The van der Waals surface area contributed by atoms with Crippen molar-refractivity contribution >= 4 is 22.8 Å². The zero-order valence-corrected chi connectivity index (χ0v) is 15.1. The highest BCUT2D eigenvalue weighted by Gasteiger charge is 2.22. The zero-order valence-electron chi connectivity index (χ0n) is 15.1. The number of carbonyl (C=O) groups is 2. The highest BCUT2D eigenvalue weighted by Crippen LogP contribution is 2.27. The van der Waals surface area contributed by atoms with Gasteiger partial charge in [-0.3, -0.25) is 9.59 Å². The molecule has 0 bridgehead atoms. The first kappa shape index (κ1) is 17.5. The first-order valence-corrected chi connectivity index (χ1v) is 8.85. The van der Waals surface area contributed by atoms with Crippen LogP contribution < -0.4 is 0 Å². The van der Waals surface area contributed by atoms with Gasteiger partial charge in [0.05, 0.1) is 12.7 Å². The lowest BCUT2D eigenvalue weighted by Gasteiger charge is -2.30. The molecule has 0 N–H and O–H groups in total. The van der Waals surface area contributed by atoms with Crippen LogP contribution in [0.2, 0.25) is 0 Å². The number of hydrogen-bond acceptors (Lipinski definition) is 4. The topological polar surface area (TPSA) is 59.8 Å². The number of rotatable bonds is 4. The molecule has 1 aromatic carbocycles. The maximum Gasteiger partial charge on any atom is 0.310 e. The van der Waals surface area contributed by atoms with Gasteiger partial charge in [-0.05, 0) is 43.7 Å². The molecule has 2 heterocycles. The van der Waals surface area contributed by atoms with Gasteiger partial charge in [-0.15, -0.1) is 0 Å². The largest absolute Gasteiger partial charge is 0.464 e. The third-order valence-corrected chi connectivity index (χ3v) is 5.04. The Bertz CT molecular complexity index is 792. The first-order chi connectivity index (χ1) is 12.0. The van der Waals surface area contributed by atoms with Gasteiger partial charge >= 0.3 is 5.97 Å². The van der Waals surface area contributed by atoms with Gasteiger partial charge in [0, 0.05) is 24.0 Å². The summed E-state index contributed by atoms with van der Waals surface area (Å²) in [6, 6.07) is 3.98. The molecule has 5 nitrogen and oxygen atoms in total. The van der Waals surface area contributed by atoms with E-state index in [4.69, 9.17) is 9.15 Å². The minimum absolute atomic E-state index is 0.108. The molecule has 1 atom stereocenters. The third kappa shape index (κ3) is 3.86. The van der Waals surface area contributed by atoms with Crippen LogP contribution in [-0.4, -0.2) is 36.5 Å². The second-order valence-electron chi connectivity index (χ2n) is 7.07. The lowest BCUT2D eigenvalue weighted by Crippen LogP contribution is -2.41. The maximum absolute atomic E-state index is 12.2. The Morgan fingerprint density at radius 1 is 1.32 bits per heavy atom. The van der Waals surface area contributed by atoms with E-state index in [0.29, 0.717) is 5.92 Å². The fraction of sp³-hybridized carbons (Fsp3) is 0.500. The standard InChI is InChI=1S/C20H25NO4/c1-13-5-4-8-21(10-13)18(22)12-24-19(23)9-16-11-25-20-15(3)14(2)6-7-17(16)20/h6-7,11,13H,4-5,8-10,12H2,1-3H3/t13-/m0/s1. The molecule has 0 aliphatic carbocycles. The number of fused-ring (bicyclic) bond motifs is 1. The number of piperidine rings is 1. The van der Waals surface area contributed by atoms with Gasteiger partial charge in [-0.1, -0.05) is 19.1 Å². The van der Waals surface area contributed by atoms with Gasteiger partial charge in [0.15, 0.2) is 6.61 Å². The van der Waals surface area contributed by atoms with E-state index in [2.05, 4.69) is 6.92 Å². The Hall–Kier alpha value is -2.30. The molecule has 1 saturated heterocycles. The number of amides is 1. The minimum atomic E-state index is -0.403. The van der Waals surface area contributed by atoms with Crippen LogP contribution in [0, 0.1) is 19.8 Å². The van der Waals surface area contributed by atoms with Crippen molar-refractivity contribution in [2.45, 2.75) is 40.0 Å². The van der Waals surface area contributed by atoms with E-state index in [1.54, 1.807) is 11.2 Å². The highest BCUT2D eigenvalue weighted by atomic mass is 16.5. The van der Waals surface area contributed by atoms with Gasteiger partial charge in [0.1, 0.15) is 5.58 Å². The van der Waals surface area contributed by atoms with Gasteiger partial charge in [0.25, 0.3) is 5.91 Å². The van der Waals surface area contributed by atoms with Gasteiger partial charge in [0.2, 0.25) is 0 Å². The zero-order chi connectivity index (χ0) is 18.0. The predicted octanol–water partition coefficient (Wildman–Crippen LogP) is 3.39. The Kier molecular flexibility index (Phi) is 5.11. The van der Waals surface area contributed by atoms with Gasteiger partial charge < -0.3 is 14.1 Å². The number of hydrogen-bond donors (Lipinski definition) is 0. The van der Waals surface area contributed by atoms with Crippen LogP contribution in [-0.2, 0) is 20.7 Å². The summed E-state index contributed by atoms with van der Waals surface area (Å²) in [6.45, 7) is 7.49. The molecule has 1 aliphatic rings. The van der Waals surface area contributed by atoms with E-state index in [-0.39, 0.29) is 18.9 Å². The summed E-state index contributed by atoms with van der Waals surface area (Å²) >= 11 is 0. The second-order valence-corrected chi connectivity index (χ2v) is 7.07. The number of esters is 1. The number of ether oxygens (including phenoxy) is 1. The summed E-state index contributed by atoms with van der Waals surface area (Å²) in [5.74, 6) is 0.000138. The van der Waals surface area contributed by atoms with Crippen LogP contribution in [0.25, 0.3) is 11.0 Å². The number of furan rings is 1. The van der Waals surface area contributed by atoms with Crippen molar-refractivity contribution in [3.8, 4) is 0 Å². The van der Waals surface area contributed by atoms with Crippen molar-refractivity contribution < 1.29 is 18.7 Å². The van der Waals surface area contributed by atoms with E-state index in [1.807, 2.05) is 26.0 Å². The molecule has 0 unspecified atom stereocenters. The first-order valence-electron chi connectivity index (χ1n) is 8.85. The van der Waals surface area contributed by atoms with Crippen molar-refractivity contribution in [1.29, 1.82) is 0 Å². The molecule has 0 spiro atoms. The van der Waals surface area contributed by atoms with E-state index >= 15 is 0 Å². The lowest BCUT2D eigenvalue weighted by molar-refractivity contribution is -0.152. The quantitative estimate of drug-likeness (QED) is 0.799. The summed E-state index contributed by atoms with van der Waals surface area (Å²) in [6.07, 6.45) is 3.88.